The summed E-state index contributed by atoms with van der Waals surface area (Å²) in [4.78, 5) is 26.3. The molecule has 0 spiro atoms. The van der Waals surface area contributed by atoms with Crippen LogP contribution in [0, 0.1) is 0 Å². The normalized spacial score (nSPS) is 15.0. The van der Waals surface area contributed by atoms with Crippen LogP contribution >= 0.6 is 0 Å². The van der Waals surface area contributed by atoms with Gasteiger partial charge in [0, 0.05) is 50.0 Å². The second kappa shape index (κ2) is 7.57. The van der Waals surface area contributed by atoms with Crippen LogP contribution in [0.3, 0.4) is 0 Å². The summed E-state index contributed by atoms with van der Waals surface area (Å²) >= 11 is 0. The van der Waals surface area contributed by atoms with Crippen molar-refractivity contribution < 1.29 is 9.90 Å². The van der Waals surface area contributed by atoms with E-state index in [-0.39, 0.29) is 5.56 Å². The Hall–Kier alpha value is -3.22. The summed E-state index contributed by atoms with van der Waals surface area (Å²) in [6.45, 7) is 2.54. The molecule has 1 fully saturated rings. The number of carboxylic acid groups (broad SMARTS) is 1. The number of hydrogen-bond donors (Lipinski definition) is 1. The van der Waals surface area contributed by atoms with E-state index in [4.69, 9.17) is 5.11 Å². The zero-order valence-electron chi connectivity index (χ0n) is 14.9. The highest BCUT2D eigenvalue weighted by Gasteiger charge is 2.24. The molecule has 0 amide bonds. The van der Waals surface area contributed by atoms with Gasteiger partial charge in [0.05, 0.1) is 12.1 Å². The maximum Gasteiger partial charge on any atom is 0.337 e. The molecule has 1 saturated heterocycles. The predicted molar refractivity (Wildman–Crippen MR) is 101 cm³/mol. The van der Waals surface area contributed by atoms with Crippen molar-refractivity contribution >= 4 is 11.8 Å². The van der Waals surface area contributed by atoms with Gasteiger partial charge in [-0.05, 0) is 36.6 Å². The number of aromatic carboxylic acids is 1. The Balaban J connectivity index is 1.41. The number of nitrogens with zero attached hydrogens (tertiary/aromatic N) is 5. The lowest BCUT2D eigenvalue weighted by atomic mass is 9.95. The molecule has 27 heavy (non-hydrogen) atoms. The van der Waals surface area contributed by atoms with E-state index < -0.39 is 5.97 Å². The van der Waals surface area contributed by atoms with Crippen LogP contribution in [0.5, 0.6) is 0 Å². The first-order valence-electron chi connectivity index (χ1n) is 9.05. The molecule has 138 valence electrons. The van der Waals surface area contributed by atoms with Gasteiger partial charge in [0.15, 0.2) is 0 Å². The number of imidazole rings is 1. The number of hydrogen-bond acceptors (Lipinski definition) is 5. The van der Waals surface area contributed by atoms with Crippen LogP contribution in [0.1, 0.15) is 40.5 Å². The second-order valence-corrected chi connectivity index (χ2v) is 6.75. The van der Waals surface area contributed by atoms with Crippen molar-refractivity contribution in [2.24, 2.45) is 0 Å². The number of pyridine rings is 2. The first-order chi connectivity index (χ1) is 13.2. The fourth-order valence-corrected chi connectivity index (χ4v) is 3.57. The van der Waals surface area contributed by atoms with Crippen molar-refractivity contribution in [2.45, 2.75) is 25.3 Å². The largest absolute Gasteiger partial charge is 0.478 e. The standard InChI is InChI=1S/C20H21N5O2/c26-20(27)17-3-4-18(23-13-17)24-9-5-16(6-10-24)19-22-8-11-25(19)14-15-2-1-7-21-12-15/h1-4,7-8,11-13,16H,5-6,9-10,14H2,(H,26,27). The molecule has 0 unspecified atom stereocenters. The molecule has 0 aliphatic carbocycles. The van der Waals surface area contributed by atoms with Crippen molar-refractivity contribution in [3.05, 3.63) is 72.2 Å². The number of aromatic nitrogens is 4. The third kappa shape index (κ3) is 3.81. The van der Waals surface area contributed by atoms with Crippen LogP contribution in [0.2, 0.25) is 0 Å². The van der Waals surface area contributed by atoms with Gasteiger partial charge in [0.2, 0.25) is 0 Å². The first-order valence-corrected chi connectivity index (χ1v) is 9.05. The van der Waals surface area contributed by atoms with E-state index in [9.17, 15) is 4.79 Å². The fraction of sp³-hybridized carbons (Fsp3) is 0.300. The highest BCUT2D eigenvalue weighted by Crippen LogP contribution is 2.29. The Labute approximate surface area is 157 Å². The maximum absolute atomic E-state index is 11.0. The molecule has 0 atom stereocenters. The quantitative estimate of drug-likeness (QED) is 0.750. The minimum absolute atomic E-state index is 0.214. The molecule has 1 aliphatic heterocycles. The molecule has 4 rings (SSSR count). The van der Waals surface area contributed by atoms with Crippen molar-refractivity contribution in [2.75, 3.05) is 18.0 Å². The number of carboxylic acids is 1. The predicted octanol–water partition coefficient (Wildman–Crippen LogP) is 2.80. The van der Waals surface area contributed by atoms with E-state index >= 15 is 0 Å². The smallest absolute Gasteiger partial charge is 0.337 e. The Morgan fingerprint density at radius 3 is 2.63 bits per heavy atom. The monoisotopic (exact) mass is 363 g/mol. The zero-order valence-corrected chi connectivity index (χ0v) is 14.9. The molecule has 0 bridgehead atoms. The molecule has 1 aliphatic rings. The molecule has 0 aromatic carbocycles. The molecule has 4 heterocycles. The highest BCUT2D eigenvalue weighted by molar-refractivity contribution is 5.87. The molecular formula is C20H21N5O2. The van der Waals surface area contributed by atoms with Crippen LogP contribution in [-0.4, -0.2) is 43.7 Å². The summed E-state index contributed by atoms with van der Waals surface area (Å²) in [6.07, 6.45) is 11.0. The van der Waals surface area contributed by atoms with Crippen molar-refractivity contribution in [3.63, 3.8) is 0 Å². The van der Waals surface area contributed by atoms with E-state index in [1.165, 1.54) is 6.20 Å². The van der Waals surface area contributed by atoms with Crippen molar-refractivity contribution in [1.82, 2.24) is 19.5 Å². The third-order valence-electron chi connectivity index (χ3n) is 5.00. The topological polar surface area (TPSA) is 84.1 Å². The summed E-state index contributed by atoms with van der Waals surface area (Å²) in [5.74, 6) is 1.41. The molecule has 7 heteroatoms. The summed E-state index contributed by atoms with van der Waals surface area (Å²) in [6, 6.07) is 7.42. The summed E-state index contributed by atoms with van der Waals surface area (Å²) in [5, 5.41) is 8.99. The number of carbonyl (C=O) groups is 1. The first kappa shape index (κ1) is 17.2. The van der Waals surface area contributed by atoms with Crippen molar-refractivity contribution in [3.8, 4) is 0 Å². The van der Waals surface area contributed by atoms with E-state index in [0.717, 1.165) is 49.7 Å². The van der Waals surface area contributed by atoms with Gasteiger partial charge in [0.1, 0.15) is 11.6 Å². The fourth-order valence-electron chi connectivity index (χ4n) is 3.57. The van der Waals surface area contributed by atoms with Gasteiger partial charge >= 0.3 is 5.97 Å². The van der Waals surface area contributed by atoms with Crippen LogP contribution < -0.4 is 4.90 Å². The molecule has 7 nitrogen and oxygen atoms in total. The lowest BCUT2D eigenvalue weighted by Gasteiger charge is -2.32. The van der Waals surface area contributed by atoms with Gasteiger partial charge in [0.25, 0.3) is 0 Å². The Bertz CT molecular complexity index is 900. The minimum Gasteiger partial charge on any atom is -0.478 e. The molecular weight excluding hydrogens is 342 g/mol. The highest BCUT2D eigenvalue weighted by atomic mass is 16.4. The number of piperidine rings is 1. The van der Waals surface area contributed by atoms with Crippen LogP contribution in [0.4, 0.5) is 5.82 Å². The van der Waals surface area contributed by atoms with Crippen LogP contribution in [0.15, 0.2) is 55.2 Å². The average molecular weight is 363 g/mol. The SMILES string of the molecule is O=C(O)c1ccc(N2CCC(c3nccn3Cc3cccnc3)CC2)nc1. The molecule has 3 aromatic rings. The summed E-state index contributed by atoms with van der Waals surface area (Å²) in [7, 11) is 0. The Kier molecular flexibility index (Phi) is 4.82. The number of anilines is 1. The van der Waals surface area contributed by atoms with E-state index in [2.05, 4.69) is 30.5 Å². The second-order valence-electron chi connectivity index (χ2n) is 6.75. The van der Waals surface area contributed by atoms with E-state index in [0.29, 0.717) is 5.92 Å². The minimum atomic E-state index is -0.951. The lowest BCUT2D eigenvalue weighted by molar-refractivity contribution is 0.0696. The van der Waals surface area contributed by atoms with Gasteiger partial charge in [-0.25, -0.2) is 14.8 Å². The van der Waals surface area contributed by atoms with E-state index in [1.807, 2.05) is 24.7 Å². The Morgan fingerprint density at radius 1 is 1.11 bits per heavy atom. The molecule has 3 aromatic heterocycles. The van der Waals surface area contributed by atoms with Gasteiger partial charge in [-0.3, -0.25) is 4.98 Å². The van der Waals surface area contributed by atoms with E-state index in [1.54, 1.807) is 18.3 Å². The average Bonchev–Trinajstić information content (AvgIpc) is 3.17. The van der Waals surface area contributed by atoms with Crippen LogP contribution in [-0.2, 0) is 6.54 Å². The number of rotatable bonds is 5. The van der Waals surface area contributed by atoms with Gasteiger partial charge in [-0.1, -0.05) is 6.07 Å². The maximum atomic E-state index is 11.0. The molecule has 1 N–H and O–H groups in total. The van der Waals surface area contributed by atoms with Crippen LogP contribution in [0.25, 0.3) is 0 Å². The van der Waals surface area contributed by atoms with Gasteiger partial charge in [-0.2, -0.15) is 0 Å². The Morgan fingerprint density at radius 2 is 1.96 bits per heavy atom. The zero-order chi connectivity index (χ0) is 18.6. The molecule has 0 saturated carbocycles. The summed E-state index contributed by atoms with van der Waals surface area (Å²) < 4.78 is 2.21. The van der Waals surface area contributed by atoms with Gasteiger partial charge in [-0.15, -0.1) is 0 Å². The summed E-state index contributed by atoms with van der Waals surface area (Å²) in [5.41, 5.74) is 1.38. The lowest BCUT2D eigenvalue weighted by Crippen LogP contribution is -2.34. The third-order valence-corrected chi connectivity index (χ3v) is 5.00. The molecule has 0 radical (unpaired) electrons. The van der Waals surface area contributed by atoms with Gasteiger partial charge < -0.3 is 14.6 Å². The van der Waals surface area contributed by atoms with Crippen molar-refractivity contribution in [1.29, 1.82) is 0 Å².